The maximum atomic E-state index is 10.8. The van der Waals surface area contributed by atoms with E-state index in [9.17, 15) is 11.7 Å². The van der Waals surface area contributed by atoms with Crippen LogP contribution in [-0.2, 0) is 22.8 Å². The molecule has 0 bridgehead atoms. The molecule has 7 heteroatoms. The summed E-state index contributed by atoms with van der Waals surface area (Å²) in [5.41, 5.74) is 0. The average molecular weight is 151 g/mol. The van der Waals surface area contributed by atoms with Crippen molar-refractivity contribution in [2.75, 3.05) is 0 Å². The molecule has 0 aliphatic rings. The van der Waals surface area contributed by atoms with E-state index in [1.807, 2.05) is 0 Å². The minimum absolute atomic E-state index is 1.78. The Morgan fingerprint density at radius 1 is 1.29 bits per heavy atom. The van der Waals surface area contributed by atoms with Gasteiger partial charge in [-0.1, -0.05) is 3.77 Å². The van der Waals surface area contributed by atoms with Gasteiger partial charge in [0.2, 0.25) is 0 Å². The minimum atomic E-state index is -3.40. The van der Waals surface area contributed by atoms with Crippen molar-refractivity contribution in [3.05, 3.63) is 0 Å². The van der Waals surface area contributed by atoms with Gasteiger partial charge >= 0.3 is 11.4 Å². The highest BCUT2D eigenvalue weighted by Gasteiger charge is 1.91. The summed E-state index contributed by atoms with van der Waals surface area (Å²) in [5, 5.41) is 0. The van der Waals surface area contributed by atoms with Crippen LogP contribution < -0.4 is 0 Å². The van der Waals surface area contributed by atoms with Crippen LogP contribution in [0.25, 0.3) is 0 Å². The predicted octanol–water partition coefficient (Wildman–Crippen LogP) is 1.11. The summed E-state index contributed by atoms with van der Waals surface area (Å²) in [6.07, 6.45) is 0. The lowest BCUT2D eigenvalue weighted by Crippen LogP contribution is -1.69. The van der Waals surface area contributed by atoms with E-state index in [0.29, 0.717) is 0 Å². The fraction of sp³-hybridized carbons (Fsp3) is 0. The monoisotopic (exact) mass is 151 g/mol. The Labute approximate surface area is 43.3 Å². The molecule has 0 fully saturated rings. The van der Waals surface area contributed by atoms with Crippen molar-refractivity contribution >= 4 is 22.8 Å². The van der Waals surface area contributed by atoms with E-state index in [-0.39, 0.29) is 0 Å². The van der Waals surface area contributed by atoms with Crippen LogP contribution >= 0.6 is 0 Å². The molecule has 0 aromatic rings. The molecule has 0 rings (SSSR count). The van der Waals surface area contributed by atoms with Crippen LogP contribution in [0.5, 0.6) is 0 Å². The lowest BCUT2D eigenvalue weighted by Gasteiger charge is -1.70. The maximum Gasteiger partial charge on any atom is 0.334 e. The zero-order valence-corrected chi connectivity index (χ0v) is 4.44. The Hall–Kier alpha value is 0.0900. The van der Waals surface area contributed by atoms with Crippen molar-refractivity contribution in [1.29, 1.82) is 0 Å². The van der Waals surface area contributed by atoms with Crippen molar-refractivity contribution in [2.24, 2.45) is 3.77 Å². The topological polar surface area (TPSA) is 29.4 Å². The molecule has 0 radical (unpaired) electrons. The molecule has 0 aliphatic heterocycles. The van der Waals surface area contributed by atoms with E-state index < -0.39 is 22.8 Å². The number of rotatable bonds is 1. The van der Waals surface area contributed by atoms with Gasteiger partial charge in [-0.3, -0.25) is 0 Å². The molecule has 1 atom stereocenters. The Bertz CT molecular complexity index is 106. The van der Waals surface area contributed by atoms with Crippen LogP contribution in [0, 0.1) is 0 Å². The molecule has 0 aliphatic carbocycles. The third-order valence-electron chi connectivity index (χ3n) is 0.115. The van der Waals surface area contributed by atoms with Crippen molar-refractivity contribution in [3.8, 4) is 0 Å². The van der Waals surface area contributed by atoms with Gasteiger partial charge in [0.05, 0.1) is 0 Å². The molecule has 0 saturated carbocycles. The van der Waals surface area contributed by atoms with Gasteiger partial charge in [0, 0.05) is 0 Å². The first-order valence-electron chi connectivity index (χ1n) is 0.995. The van der Waals surface area contributed by atoms with Crippen molar-refractivity contribution in [3.63, 3.8) is 0 Å². The lowest BCUT2D eigenvalue weighted by molar-refractivity contribution is 0.650. The van der Waals surface area contributed by atoms with E-state index >= 15 is 0 Å². The van der Waals surface area contributed by atoms with Crippen molar-refractivity contribution in [1.82, 2.24) is 0 Å². The summed E-state index contributed by atoms with van der Waals surface area (Å²) in [6.45, 7) is 0. The molecule has 1 unspecified atom stereocenters. The van der Waals surface area contributed by atoms with Gasteiger partial charge in [-0.2, -0.15) is 4.21 Å². The van der Waals surface area contributed by atoms with E-state index in [0.717, 1.165) is 0 Å². The largest absolute Gasteiger partial charge is 0.334 e. The zero-order chi connectivity index (χ0) is 5.86. The van der Waals surface area contributed by atoms with E-state index in [4.69, 9.17) is 4.21 Å². The standard InChI is InChI=1S/F3NOS2/c1-6(2)4-7(3)5. The van der Waals surface area contributed by atoms with Gasteiger partial charge in [-0.15, -0.1) is 11.7 Å². The Morgan fingerprint density at radius 2 is 1.71 bits per heavy atom. The fourth-order valence-corrected chi connectivity index (χ4v) is 0.399. The molecule has 0 heterocycles. The molecule has 0 aromatic heterocycles. The highest BCUT2D eigenvalue weighted by Crippen LogP contribution is 1.94. The second-order valence-corrected chi connectivity index (χ2v) is 1.88. The summed E-state index contributed by atoms with van der Waals surface area (Å²) in [5.74, 6) is 0. The fourth-order valence-electron chi connectivity index (χ4n) is 0.0443. The smallest absolute Gasteiger partial charge is 0.198 e. The maximum absolute atomic E-state index is 10.8. The van der Waals surface area contributed by atoms with Gasteiger partial charge in [0.25, 0.3) is 11.5 Å². The van der Waals surface area contributed by atoms with Crippen molar-refractivity contribution in [2.45, 2.75) is 0 Å². The summed E-state index contributed by atoms with van der Waals surface area (Å²) >= 11 is -6.60. The van der Waals surface area contributed by atoms with E-state index in [1.54, 1.807) is 3.77 Å². The molecular weight excluding hydrogens is 151 g/mol. The minimum Gasteiger partial charge on any atom is -0.198 e. The van der Waals surface area contributed by atoms with Crippen LogP contribution in [-0.4, -0.2) is 4.21 Å². The van der Waals surface area contributed by atoms with Crippen molar-refractivity contribution < 1.29 is 15.9 Å². The number of hydrogen-bond donors (Lipinski definition) is 0. The zero-order valence-electron chi connectivity index (χ0n) is 2.81. The third-order valence-corrected chi connectivity index (χ3v) is 1.03. The Kier molecular flexibility index (Phi) is 3.18. The molecule has 0 N–H and O–H groups in total. The first-order valence-corrected chi connectivity index (χ1v) is 2.98. The molecule has 0 amide bonds. The second-order valence-electron chi connectivity index (χ2n) is 0.477. The van der Waals surface area contributed by atoms with E-state index in [2.05, 4.69) is 0 Å². The molecule has 0 saturated heterocycles. The van der Waals surface area contributed by atoms with E-state index in [1.165, 1.54) is 0 Å². The molecule has 7 heavy (non-hydrogen) atoms. The first kappa shape index (κ1) is 7.09. The first-order chi connectivity index (χ1) is 3.13. The Balaban J connectivity index is 3.68. The predicted molar refractivity (Wildman–Crippen MR) is 21.3 cm³/mol. The lowest BCUT2D eigenvalue weighted by atomic mass is 13.9. The summed E-state index contributed by atoms with van der Waals surface area (Å²) in [6, 6.07) is 0. The molecule has 0 spiro atoms. The SMILES string of the molecule is O=S(F)N=S(F)F. The summed E-state index contributed by atoms with van der Waals surface area (Å²) in [7, 11) is 0. The third kappa shape index (κ3) is 6.09. The molecule has 0 aromatic carbocycles. The van der Waals surface area contributed by atoms with Crippen LogP contribution in [0.1, 0.15) is 0 Å². The number of halogens is 3. The number of hydrogen-bond acceptors (Lipinski definition) is 1. The van der Waals surface area contributed by atoms with Gasteiger partial charge in [0.15, 0.2) is 0 Å². The molecule has 44 valence electrons. The van der Waals surface area contributed by atoms with Crippen LogP contribution in [0.4, 0.5) is 11.7 Å². The summed E-state index contributed by atoms with van der Waals surface area (Å²) in [4.78, 5) is 0. The normalized spacial score (nSPS) is 14.3. The second kappa shape index (κ2) is 3.14. The molecular formula is F3NOS2. The molecule has 2 nitrogen and oxygen atoms in total. The van der Waals surface area contributed by atoms with Gasteiger partial charge in [0.1, 0.15) is 0 Å². The Morgan fingerprint density at radius 3 is 1.71 bits per heavy atom. The van der Waals surface area contributed by atoms with Crippen LogP contribution in [0.3, 0.4) is 0 Å². The highest BCUT2D eigenvalue weighted by molar-refractivity contribution is 7.89. The van der Waals surface area contributed by atoms with Gasteiger partial charge in [-0.25, -0.2) is 0 Å². The van der Waals surface area contributed by atoms with Crippen LogP contribution in [0.15, 0.2) is 3.77 Å². The average Bonchev–Trinajstić information content (AvgIpc) is 1.27. The van der Waals surface area contributed by atoms with Gasteiger partial charge in [-0.05, 0) is 0 Å². The quantitative estimate of drug-likeness (QED) is 0.516. The highest BCUT2D eigenvalue weighted by atomic mass is 32.3. The number of nitrogens with zero attached hydrogens (tertiary/aromatic N) is 1. The van der Waals surface area contributed by atoms with Gasteiger partial charge < -0.3 is 0 Å². The summed E-state index contributed by atoms with van der Waals surface area (Å²) < 4.78 is 43.0. The van der Waals surface area contributed by atoms with Crippen LogP contribution in [0.2, 0.25) is 0 Å².